The zero-order chi connectivity index (χ0) is 37.8. The van der Waals surface area contributed by atoms with E-state index >= 15 is 0 Å². The van der Waals surface area contributed by atoms with Crippen molar-refractivity contribution in [3.05, 3.63) is 162 Å². The monoisotopic (exact) mass is 747 g/mol. The summed E-state index contributed by atoms with van der Waals surface area (Å²) in [4.78, 5) is 5.57. The first-order valence-corrected chi connectivity index (χ1v) is 22.1. The van der Waals surface area contributed by atoms with Crippen molar-refractivity contribution < 1.29 is 0 Å². The number of nitrogens with zero attached hydrogens (tertiary/aromatic N) is 1. The van der Waals surface area contributed by atoms with Gasteiger partial charge in [0.05, 0.1) is 5.69 Å². The minimum absolute atomic E-state index is 0.0400. The van der Waals surface area contributed by atoms with E-state index in [1.165, 1.54) is 105 Å². The Labute approximate surface area is 338 Å². The van der Waals surface area contributed by atoms with Gasteiger partial charge in [0, 0.05) is 26.6 Å². The molecule has 0 N–H and O–H groups in total. The molecule has 0 atom stereocenters. The van der Waals surface area contributed by atoms with E-state index < -0.39 is 0 Å². The first kappa shape index (κ1) is 34.7. The second-order valence-corrected chi connectivity index (χ2v) is 20.3. The van der Waals surface area contributed by atoms with Gasteiger partial charge in [-0.25, -0.2) is 0 Å². The van der Waals surface area contributed by atoms with E-state index in [1.807, 2.05) is 11.8 Å². The van der Waals surface area contributed by atoms with E-state index in [-0.39, 0.29) is 16.2 Å². The van der Waals surface area contributed by atoms with Crippen LogP contribution in [0.4, 0.5) is 17.1 Å². The minimum Gasteiger partial charge on any atom is -0.310 e. The Kier molecular flexibility index (Phi) is 7.89. The van der Waals surface area contributed by atoms with Gasteiger partial charge in [0.2, 0.25) is 0 Å². The molecule has 12 rings (SSSR count). The highest BCUT2D eigenvalue weighted by molar-refractivity contribution is 7.99. The van der Waals surface area contributed by atoms with Gasteiger partial charge in [-0.05, 0) is 160 Å². The van der Waals surface area contributed by atoms with Gasteiger partial charge in [0.15, 0.2) is 0 Å². The third kappa shape index (κ3) is 5.20. The lowest BCUT2D eigenvalue weighted by Gasteiger charge is -2.63. The minimum atomic E-state index is 0.0400. The van der Waals surface area contributed by atoms with Crippen molar-refractivity contribution in [2.24, 2.45) is 23.7 Å². The SMILES string of the molecule is CC1(C)CCC(C)(C)c2c(N(c3ccc(-c4ccccc4)cc3)c3cc4c(c(-c5ccccc5)c3)C3(c5ccccc5S4)C4CC5CC(C4)CC3C5)cccc21. The number of hydrogen-bond donors (Lipinski definition) is 0. The Morgan fingerprint density at radius 2 is 1.07 bits per heavy atom. The summed E-state index contributed by atoms with van der Waals surface area (Å²) in [6.07, 6.45) is 9.34. The van der Waals surface area contributed by atoms with Crippen molar-refractivity contribution in [2.45, 2.75) is 98.7 Å². The molecule has 0 unspecified atom stereocenters. The van der Waals surface area contributed by atoms with E-state index in [0.717, 1.165) is 11.8 Å². The Hall–Kier alpha value is -4.53. The molecule has 0 radical (unpaired) electrons. The fraction of sp³-hybridized carbons (Fsp3) is 0.333. The molecule has 1 heterocycles. The number of benzene rings is 6. The molecular weight excluding hydrogens is 695 g/mol. The second kappa shape index (κ2) is 12.7. The summed E-state index contributed by atoms with van der Waals surface area (Å²) in [6.45, 7) is 9.86. The summed E-state index contributed by atoms with van der Waals surface area (Å²) in [5.41, 5.74) is 15.5. The lowest BCUT2D eigenvalue weighted by atomic mass is 9.41. The van der Waals surface area contributed by atoms with Crippen LogP contribution in [0, 0.1) is 23.7 Å². The van der Waals surface area contributed by atoms with Gasteiger partial charge in [-0.3, -0.25) is 0 Å². The number of hydrogen-bond acceptors (Lipinski definition) is 2. The molecule has 4 fully saturated rings. The summed E-state index contributed by atoms with van der Waals surface area (Å²) < 4.78 is 0. The number of anilines is 3. The zero-order valence-electron chi connectivity index (χ0n) is 33.4. The van der Waals surface area contributed by atoms with Gasteiger partial charge in [0.1, 0.15) is 0 Å². The van der Waals surface area contributed by atoms with Crippen LogP contribution in [0.25, 0.3) is 22.3 Å². The van der Waals surface area contributed by atoms with Crippen LogP contribution in [-0.2, 0) is 16.2 Å². The molecule has 0 saturated heterocycles. The van der Waals surface area contributed by atoms with Crippen molar-refractivity contribution in [3.63, 3.8) is 0 Å². The zero-order valence-corrected chi connectivity index (χ0v) is 34.2. The fourth-order valence-corrected chi connectivity index (χ4v) is 14.0. The smallest absolute Gasteiger partial charge is 0.0502 e. The number of rotatable bonds is 5. The summed E-state index contributed by atoms with van der Waals surface area (Å²) in [5, 5.41) is 0. The van der Waals surface area contributed by atoms with Crippen LogP contribution in [0.2, 0.25) is 0 Å². The highest BCUT2D eigenvalue weighted by Gasteiger charge is 2.61. The van der Waals surface area contributed by atoms with E-state index in [1.54, 1.807) is 11.1 Å². The molecule has 6 aromatic rings. The lowest BCUT2D eigenvalue weighted by Crippen LogP contribution is -2.57. The van der Waals surface area contributed by atoms with E-state index in [0.29, 0.717) is 11.8 Å². The Morgan fingerprint density at radius 3 is 1.77 bits per heavy atom. The average molecular weight is 748 g/mol. The Morgan fingerprint density at radius 1 is 0.482 bits per heavy atom. The molecular formula is C54H53NS. The van der Waals surface area contributed by atoms with Crippen molar-refractivity contribution >= 4 is 28.8 Å². The molecule has 6 aromatic carbocycles. The number of fused-ring (bicyclic) bond motifs is 3. The van der Waals surface area contributed by atoms with Crippen LogP contribution < -0.4 is 4.90 Å². The van der Waals surface area contributed by atoms with Crippen LogP contribution >= 0.6 is 11.8 Å². The molecule has 4 bridgehead atoms. The van der Waals surface area contributed by atoms with E-state index in [4.69, 9.17) is 0 Å². The second-order valence-electron chi connectivity index (χ2n) is 19.2. The molecule has 2 heteroatoms. The Bertz CT molecular complexity index is 2430. The summed E-state index contributed by atoms with van der Waals surface area (Å²) >= 11 is 2.03. The summed E-state index contributed by atoms with van der Waals surface area (Å²) in [5.74, 6) is 3.19. The standard InChI is InChI=1S/C54H53NS/c1-52(2)26-27-53(3,4)51-46(52)19-13-20-47(51)55(42-24-22-38(23-25-42)37-14-7-5-8-15-37)43-33-44(39-16-9-6-10-17-39)50-49(34-43)56-48-21-12-11-18-45(48)54(50)40-29-35-28-36(31-40)32-41(54)30-35/h5-25,33-36,40-41H,26-32H2,1-4H3. The van der Waals surface area contributed by atoms with Crippen LogP contribution in [0.3, 0.4) is 0 Å². The molecule has 56 heavy (non-hydrogen) atoms. The van der Waals surface area contributed by atoms with Crippen LogP contribution in [0.1, 0.15) is 94.9 Å². The van der Waals surface area contributed by atoms with Gasteiger partial charge in [-0.1, -0.05) is 143 Å². The van der Waals surface area contributed by atoms with Gasteiger partial charge in [0.25, 0.3) is 0 Å². The topological polar surface area (TPSA) is 3.24 Å². The predicted molar refractivity (Wildman–Crippen MR) is 236 cm³/mol. The van der Waals surface area contributed by atoms with Crippen LogP contribution in [0.15, 0.2) is 149 Å². The molecule has 0 amide bonds. The lowest BCUT2D eigenvalue weighted by molar-refractivity contribution is -0.0441. The molecule has 4 saturated carbocycles. The van der Waals surface area contributed by atoms with Crippen LogP contribution in [0.5, 0.6) is 0 Å². The highest BCUT2D eigenvalue weighted by Crippen LogP contribution is 2.70. The quantitative estimate of drug-likeness (QED) is 0.173. The molecule has 280 valence electrons. The van der Waals surface area contributed by atoms with Crippen molar-refractivity contribution in [1.29, 1.82) is 0 Å². The normalized spacial score (nSPS) is 26.0. The highest BCUT2D eigenvalue weighted by atomic mass is 32.2. The first-order chi connectivity index (χ1) is 27.2. The van der Waals surface area contributed by atoms with Crippen molar-refractivity contribution in [1.82, 2.24) is 0 Å². The summed E-state index contributed by atoms with van der Waals surface area (Å²) in [6, 6.07) is 53.6. The van der Waals surface area contributed by atoms with Gasteiger partial charge in [-0.2, -0.15) is 0 Å². The Balaban J connectivity index is 1.19. The maximum absolute atomic E-state index is 2.63. The van der Waals surface area contributed by atoms with Crippen molar-refractivity contribution in [3.8, 4) is 22.3 Å². The predicted octanol–water partition coefficient (Wildman–Crippen LogP) is 15.0. The third-order valence-corrected chi connectivity index (χ3v) is 16.2. The molecule has 0 aromatic heterocycles. The molecule has 5 aliphatic carbocycles. The molecule has 6 aliphatic rings. The average Bonchev–Trinajstić information content (AvgIpc) is 3.21. The van der Waals surface area contributed by atoms with E-state index in [2.05, 4.69) is 172 Å². The van der Waals surface area contributed by atoms with Gasteiger partial charge in [-0.15, -0.1) is 0 Å². The van der Waals surface area contributed by atoms with E-state index in [9.17, 15) is 0 Å². The van der Waals surface area contributed by atoms with Gasteiger partial charge >= 0.3 is 0 Å². The largest absolute Gasteiger partial charge is 0.310 e. The maximum Gasteiger partial charge on any atom is 0.0502 e. The molecule has 1 spiro atoms. The summed E-state index contributed by atoms with van der Waals surface area (Å²) in [7, 11) is 0. The van der Waals surface area contributed by atoms with Crippen molar-refractivity contribution in [2.75, 3.05) is 4.90 Å². The fourth-order valence-electron chi connectivity index (χ4n) is 12.8. The maximum atomic E-state index is 2.63. The molecule has 1 nitrogen and oxygen atoms in total. The van der Waals surface area contributed by atoms with Gasteiger partial charge < -0.3 is 4.90 Å². The third-order valence-electron chi connectivity index (χ3n) is 15.1. The molecule has 1 aliphatic heterocycles. The first-order valence-electron chi connectivity index (χ1n) is 21.3. The van der Waals surface area contributed by atoms with Crippen LogP contribution in [-0.4, -0.2) is 0 Å².